The molecule has 2 atom stereocenters. The number of carbonyl (C=O) groups is 2. The van der Waals surface area contributed by atoms with E-state index in [-0.39, 0.29) is 12.5 Å². The minimum atomic E-state index is -0.874. The second kappa shape index (κ2) is 6.60. The molecule has 1 aliphatic heterocycles. The minimum absolute atomic E-state index is 0.185. The van der Waals surface area contributed by atoms with Crippen molar-refractivity contribution >= 4 is 12.1 Å². The number of nitrogens with zero attached hydrogens (tertiary/aromatic N) is 1. The topological polar surface area (TPSA) is 66.8 Å². The second-order valence-corrected chi connectivity index (χ2v) is 7.03. The van der Waals surface area contributed by atoms with E-state index in [1.807, 2.05) is 24.3 Å². The number of aliphatic carboxylic acids is 1. The van der Waals surface area contributed by atoms with Gasteiger partial charge in [-0.2, -0.15) is 0 Å². The van der Waals surface area contributed by atoms with E-state index in [4.69, 9.17) is 4.74 Å². The average Bonchev–Trinajstić information content (AvgIpc) is 2.91. The molecule has 23 heavy (non-hydrogen) atoms. The summed E-state index contributed by atoms with van der Waals surface area (Å²) in [7, 11) is 0. The van der Waals surface area contributed by atoms with E-state index < -0.39 is 23.6 Å². The van der Waals surface area contributed by atoms with Crippen LogP contribution < -0.4 is 0 Å². The summed E-state index contributed by atoms with van der Waals surface area (Å²) in [6.07, 6.45) is 0.494. The smallest absolute Gasteiger partial charge is 0.410 e. The lowest BCUT2D eigenvalue weighted by atomic mass is 9.88. The predicted molar refractivity (Wildman–Crippen MR) is 87.5 cm³/mol. The Morgan fingerprint density at radius 2 is 1.83 bits per heavy atom. The Morgan fingerprint density at radius 1 is 1.22 bits per heavy atom. The van der Waals surface area contributed by atoms with Gasteiger partial charge in [-0.3, -0.25) is 4.79 Å². The summed E-state index contributed by atoms with van der Waals surface area (Å²) < 4.78 is 5.36. The molecule has 1 heterocycles. The van der Waals surface area contributed by atoms with Crippen molar-refractivity contribution in [1.29, 1.82) is 0 Å². The van der Waals surface area contributed by atoms with Crippen LogP contribution in [0, 0.1) is 5.92 Å². The summed E-state index contributed by atoms with van der Waals surface area (Å²) in [6, 6.07) is 7.98. The molecule has 1 fully saturated rings. The monoisotopic (exact) mass is 319 g/mol. The standard InChI is InChI=1S/C18H25NO4/c1-5-12-6-8-13(9-7-12)14-10-19(11-15(14)16(20)21)17(22)23-18(2,3)4/h6-9,14-15H,5,10-11H2,1-4H3,(H,20,21). The summed E-state index contributed by atoms with van der Waals surface area (Å²) in [5, 5.41) is 9.50. The Kier molecular flexibility index (Phi) is 4.97. The van der Waals surface area contributed by atoms with Crippen molar-refractivity contribution in [2.45, 2.75) is 45.6 Å². The molecule has 1 aliphatic rings. The number of hydrogen-bond acceptors (Lipinski definition) is 3. The van der Waals surface area contributed by atoms with Crippen LogP contribution >= 0.6 is 0 Å². The molecule has 126 valence electrons. The fourth-order valence-electron chi connectivity index (χ4n) is 2.87. The fraction of sp³-hybridized carbons (Fsp3) is 0.556. The Hall–Kier alpha value is -2.04. The third kappa shape index (κ3) is 4.24. The highest BCUT2D eigenvalue weighted by Crippen LogP contribution is 2.34. The van der Waals surface area contributed by atoms with Crippen molar-refractivity contribution in [2.75, 3.05) is 13.1 Å². The Bertz CT molecular complexity index is 574. The number of benzene rings is 1. The van der Waals surface area contributed by atoms with Gasteiger partial charge in [-0.25, -0.2) is 4.79 Å². The zero-order valence-corrected chi connectivity index (χ0v) is 14.2. The molecule has 0 spiro atoms. The van der Waals surface area contributed by atoms with Crippen molar-refractivity contribution in [2.24, 2.45) is 5.92 Å². The van der Waals surface area contributed by atoms with Crippen molar-refractivity contribution in [3.63, 3.8) is 0 Å². The van der Waals surface area contributed by atoms with Crippen molar-refractivity contribution in [3.05, 3.63) is 35.4 Å². The van der Waals surface area contributed by atoms with Crippen LogP contribution in [0.15, 0.2) is 24.3 Å². The summed E-state index contributed by atoms with van der Waals surface area (Å²) in [6.45, 7) is 8.04. The quantitative estimate of drug-likeness (QED) is 0.928. The van der Waals surface area contributed by atoms with E-state index in [1.165, 1.54) is 10.5 Å². The molecule has 0 aliphatic carbocycles. The summed E-state index contributed by atoms with van der Waals surface area (Å²) in [5.41, 5.74) is 1.58. The molecule has 0 aromatic heterocycles. The molecule has 2 unspecified atom stereocenters. The highest BCUT2D eigenvalue weighted by molar-refractivity contribution is 5.76. The maximum atomic E-state index is 12.2. The number of ether oxygens (including phenoxy) is 1. The third-order valence-corrected chi connectivity index (χ3v) is 4.10. The lowest BCUT2D eigenvalue weighted by Crippen LogP contribution is -2.35. The first-order valence-electron chi connectivity index (χ1n) is 8.01. The lowest BCUT2D eigenvalue weighted by molar-refractivity contribution is -0.141. The Labute approximate surface area is 137 Å². The van der Waals surface area contributed by atoms with Gasteiger partial charge >= 0.3 is 12.1 Å². The van der Waals surface area contributed by atoms with Crippen LogP contribution in [-0.4, -0.2) is 40.8 Å². The number of likely N-dealkylation sites (tertiary alicyclic amines) is 1. The van der Waals surface area contributed by atoms with Gasteiger partial charge in [0.15, 0.2) is 0 Å². The number of carboxylic acid groups (broad SMARTS) is 1. The van der Waals surface area contributed by atoms with Crippen LogP contribution in [-0.2, 0) is 16.0 Å². The third-order valence-electron chi connectivity index (χ3n) is 4.10. The van der Waals surface area contributed by atoms with Crippen LogP contribution in [0.4, 0.5) is 4.79 Å². The van der Waals surface area contributed by atoms with Crippen LogP contribution in [0.3, 0.4) is 0 Å². The first-order valence-corrected chi connectivity index (χ1v) is 8.01. The van der Waals surface area contributed by atoms with Gasteiger partial charge in [-0.1, -0.05) is 31.2 Å². The van der Waals surface area contributed by atoms with Gasteiger partial charge in [0.25, 0.3) is 0 Å². The van der Waals surface area contributed by atoms with E-state index >= 15 is 0 Å². The molecule has 1 N–H and O–H groups in total. The van der Waals surface area contributed by atoms with Gasteiger partial charge in [-0.05, 0) is 38.3 Å². The zero-order valence-electron chi connectivity index (χ0n) is 14.2. The van der Waals surface area contributed by atoms with Crippen molar-refractivity contribution < 1.29 is 19.4 Å². The summed E-state index contributed by atoms with van der Waals surface area (Å²) in [4.78, 5) is 25.3. The Morgan fingerprint density at radius 3 is 2.30 bits per heavy atom. The number of amides is 1. The molecular weight excluding hydrogens is 294 g/mol. The number of aryl methyl sites for hydroxylation is 1. The Balaban J connectivity index is 2.17. The number of hydrogen-bond donors (Lipinski definition) is 1. The number of rotatable bonds is 3. The van der Waals surface area contributed by atoms with Crippen LogP contribution in [0.5, 0.6) is 0 Å². The molecule has 5 heteroatoms. The molecule has 1 aromatic rings. The minimum Gasteiger partial charge on any atom is -0.481 e. The molecule has 1 amide bonds. The highest BCUT2D eigenvalue weighted by Gasteiger charge is 2.41. The van der Waals surface area contributed by atoms with E-state index in [1.54, 1.807) is 20.8 Å². The maximum Gasteiger partial charge on any atom is 0.410 e. The van der Waals surface area contributed by atoms with Gasteiger partial charge in [0, 0.05) is 19.0 Å². The molecule has 2 rings (SSSR count). The van der Waals surface area contributed by atoms with E-state index in [0.29, 0.717) is 6.54 Å². The molecule has 1 saturated heterocycles. The van der Waals surface area contributed by atoms with Gasteiger partial charge in [0.2, 0.25) is 0 Å². The van der Waals surface area contributed by atoms with Gasteiger partial charge < -0.3 is 14.7 Å². The number of carboxylic acids is 1. The molecule has 5 nitrogen and oxygen atoms in total. The zero-order chi connectivity index (χ0) is 17.2. The van der Waals surface area contributed by atoms with Crippen LogP contribution in [0.25, 0.3) is 0 Å². The average molecular weight is 319 g/mol. The summed E-state index contributed by atoms with van der Waals surface area (Å²) >= 11 is 0. The van der Waals surface area contributed by atoms with Crippen molar-refractivity contribution in [3.8, 4) is 0 Å². The van der Waals surface area contributed by atoms with Crippen molar-refractivity contribution in [1.82, 2.24) is 4.90 Å². The molecule has 0 saturated carbocycles. The normalized spacial score (nSPS) is 21.3. The van der Waals surface area contributed by atoms with E-state index in [0.717, 1.165) is 12.0 Å². The van der Waals surface area contributed by atoms with E-state index in [9.17, 15) is 14.7 Å². The largest absolute Gasteiger partial charge is 0.481 e. The molecule has 1 aromatic carbocycles. The SMILES string of the molecule is CCc1ccc(C2CN(C(=O)OC(C)(C)C)CC2C(=O)O)cc1. The lowest BCUT2D eigenvalue weighted by Gasteiger charge is -2.24. The van der Waals surface area contributed by atoms with Crippen LogP contribution in [0.2, 0.25) is 0 Å². The first kappa shape index (κ1) is 17.3. The maximum absolute atomic E-state index is 12.2. The first-order chi connectivity index (χ1) is 10.7. The molecule has 0 bridgehead atoms. The highest BCUT2D eigenvalue weighted by atomic mass is 16.6. The van der Waals surface area contributed by atoms with E-state index in [2.05, 4.69) is 6.92 Å². The van der Waals surface area contributed by atoms with Gasteiger partial charge in [0.05, 0.1) is 5.92 Å². The van der Waals surface area contributed by atoms with Gasteiger partial charge in [-0.15, -0.1) is 0 Å². The molecule has 0 radical (unpaired) electrons. The summed E-state index contributed by atoms with van der Waals surface area (Å²) in [5.74, 6) is -1.68. The van der Waals surface area contributed by atoms with Gasteiger partial charge in [0.1, 0.15) is 5.60 Å². The molecular formula is C18H25NO4. The predicted octanol–water partition coefficient (Wildman–Crippen LogP) is 3.28. The fourth-order valence-corrected chi connectivity index (χ4v) is 2.87. The second-order valence-electron chi connectivity index (χ2n) is 7.03. The number of carbonyl (C=O) groups excluding carboxylic acids is 1. The van der Waals surface area contributed by atoms with Crippen LogP contribution in [0.1, 0.15) is 44.7 Å².